The van der Waals surface area contributed by atoms with Crippen molar-refractivity contribution in [3.05, 3.63) is 34.3 Å². The summed E-state index contributed by atoms with van der Waals surface area (Å²) in [5.41, 5.74) is 5.70. The van der Waals surface area contributed by atoms with Crippen LogP contribution in [0, 0.1) is 0 Å². The maximum atomic E-state index is 10.7. The van der Waals surface area contributed by atoms with Gasteiger partial charge in [0.05, 0.1) is 6.54 Å². The molecule has 0 aromatic heterocycles. The summed E-state index contributed by atoms with van der Waals surface area (Å²) < 4.78 is 0.987. The van der Waals surface area contributed by atoms with Crippen LogP contribution in [0.3, 0.4) is 0 Å². The lowest BCUT2D eigenvalue weighted by Crippen LogP contribution is -2.39. The van der Waals surface area contributed by atoms with Crippen molar-refractivity contribution in [2.45, 2.75) is 45.3 Å². The molecule has 1 aromatic carbocycles. The summed E-state index contributed by atoms with van der Waals surface area (Å²) >= 11 is 3.39. The summed E-state index contributed by atoms with van der Waals surface area (Å²) in [6, 6.07) is 7.92. The highest BCUT2D eigenvalue weighted by molar-refractivity contribution is 14.0. The van der Waals surface area contributed by atoms with Gasteiger partial charge in [0.2, 0.25) is 0 Å². The van der Waals surface area contributed by atoms with Crippen LogP contribution in [0.15, 0.2) is 33.7 Å². The van der Waals surface area contributed by atoms with Crippen LogP contribution in [0.25, 0.3) is 0 Å². The predicted molar refractivity (Wildman–Crippen MR) is 103 cm³/mol. The summed E-state index contributed by atoms with van der Waals surface area (Å²) in [5.74, 6) is 0.378. The van der Waals surface area contributed by atoms with Gasteiger partial charge in [0, 0.05) is 10.5 Å². The molecule has 4 N–H and O–H groups in total. The molecule has 0 bridgehead atoms. The molecule has 0 amide bonds. The smallest absolute Gasteiger partial charge is 0.188 e. The molecule has 0 fully saturated rings. The summed E-state index contributed by atoms with van der Waals surface area (Å²) in [6.07, 6.45) is 1.55. The summed E-state index contributed by atoms with van der Waals surface area (Å²) in [7, 11) is 0. The van der Waals surface area contributed by atoms with E-state index in [1.807, 2.05) is 38.1 Å². The number of hydrogen-bond donors (Lipinski definition) is 3. The van der Waals surface area contributed by atoms with Gasteiger partial charge in [-0.1, -0.05) is 41.9 Å². The molecule has 6 heteroatoms. The quantitative estimate of drug-likeness (QED) is 0.340. The molecule has 21 heavy (non-hydrogen) atoms. The Labute approximate surface area is 152 Å². The highest BCUT2D eigenvalue weighted by Crippen LogP contribution is 2.26. The van der Waals surface area contributed by atoms with E-state index in [1.54, 1.807) is 0 Å². The number of nitrogens with zero attached hydrogens (tertiary/aromatic N) is 1. The maximum absolute atomic E-state index is 10.7. The molecule has 0 radical (unpaired) electrons. The zero-order valence-corrected chi connectivity index (χ0v) is 16.7. The standard InChI is InChI=1S/C15H24BrN3O.HI/c1-4-11(3)19-14(17)18-10-15(20,5-2)12-6-8-13(16)9-7-12;/h6-9,11,20H,4-5,10H2,1-3H3,(H3,17,18,19);1H. The van der Waals surface area contributed by atoms with Crippen LogP contribution in [0.1, 0.15) is 39.2 Å². The summed E-state index contributed by atoms with van der Waals surface area (Å²) in [5, 5.41) is 13.8. The Hall–Kier alpha value is -0.340. The zero-order valence-electron chi connectivity index (χ0n) is 12.8. The molecular formula is C15H25BrIN3O. The lowest BCUT2D eigenvalue weighted by atomic mass is 9.91. The molecular weight excluding hydrogens is 445 g/mol. The Bertz CT molecular complexity index is 453. The second-order valence-electron chi connectivity index (χ2n) is 5.05. The van der Waals surface area contributed by atoms with Gasteiger partial charge in [0.15, 0.2) is 5.96 Å². The van der Waals surface area contributed by atoms with Crippen LogP contribution in [-0.2, 0) is 5.60 Å². The maximum Gasteiger partial charge on any atom is 0.188 e. The number of aliphatic hydroxyl groups is 1. The minimum atomic E-state index is -0.984. The van der Waals surface area contributed by atoms with E-state index < -0.39 is 5.60 Å². The zero-order chi connectivity index (χ0) is 15.2. The molecule has 0 spiro atoms. The van der Waals surface area contributed by atoms with Gasteiger partial charge in [-0.25, -0.2) is 0 Å². The van der Waals surface area contributed by atoms with Crippen molar-refractivity contribution in [2.75, 3.05) is 6.54 Å². The van der Waals surface area contributed by atoms with Crippen LogP contribution in [0.2, 0.25) is 0 Å². The average Bonchev–Trinajstić information content (AvgIpc) is 2.45. The second-order valence-corrected chi connectivity index (χ2v) is 5.96. The molecule has 2 atom stereocenters. The van der Waals surface area contributed by atoms with E-state index in [2.05, 4.69) is 33.2 Å². The van der Waals surface area contributed by atoms with Crippen LogP contribution < -0.4 is 11.1 Å². The van der Waals surface area contributed by atoms with E-state index in [1.165, 1.54) is 0 Å². The highest BCUT2D eigenvalue weighted by Gasteiger charge is 2.26. The molecule has 2 unspecified atom stereocenters. The van der Waals surface area contributed by atoms with Gasteiger partial charge in [-0.3, -0.25) is 4.99 Å². The predicted octanol–water partition coefficient (Wildman–Crippen LogP) is 3.37. The van der Waals surface area contributed by atoms with E-state index in [9.17, 15) is 5.11 Å². The van der Waals surface area contributed by atoms with Gasteiger partial charge in [-0.15, -0.1) is 24.0 Å². The SMILES string of the molecule is CCC(C)NC(N)=NCC(O)(CC)c1ccc(Br)cc1.I. The van der Waals surface area contributed by atoms with E-state index >= 15 is 0 Å². The van der Waals surface area contributed by atoms with Crippen molar-refractivity contribution >= 4 is 45.9 Å². The monoisotopic (exact) mass is 469 g/mol. The third-order valence-electron chi connectivity index (χ3n) is 3.48. The molecule has 0 saturated heterocycles. The lowest BCUT2D eigenvalue weighted by Gasteiger charge is -2.26. The first-order valence-electron chi connectivity index (χ1n) is 6.96. The summed E-state index contributed by atoms with van der Waals surface area (Å²) in [4.78, 5) is 4.28. The van der Waals surface area contributed by atoms with Crippen LogP contribution >= 0.6 is 39.9 Å². The van der Waals surface area contributed by atoms with Crippen molar-refractivity contribution in [2.24, 2.45) is 10.7 Å². The third kappa shape index (κ3) is 6.52. The molecule has 1 aromatic rings. The topological polar surface area (TPSA) is 70.6 Å². The minimum Gasteiger partial charge on any atom is -0.383 e. The Morgan fingerprint density at radius 1 is 1.38 bits per heavy atom. The van der Waals surface area contributed by atoms with Crippen molar-refractivity contribution in [1.82, 2.24) is 5.32 Å². The van der Waals surface area contributed by atoms with Crippen molar-refractivity contribution in [3.8, 4) is 0 Å². The molecule has 0 aliphatic rings. The summed E-state index contributed by atoms with van der Waals surface area (Å²) in [6.45, 7) is 6.31. The van der Waals surface area contributed by atoms with E-state index in [0.717, 1.165) is 16.5 Å². The molecule has 4 nitrogen and oxygen atoms in total. The van der Waals surface area contributed by atoms with Crippen LogP contribution in [0.5, 0.6) is 0 Å². The van der Waals surface area contributed by atoms with E-state index in [0.29, 0.717) is 12.4 Å². The first kappa shape index (κ1) is 20.7. The second kappa shape index (κ2) is 9.63. The van der Waals surface area contributed by atoms with Crippen LogP contribution in [0.4, 0.5) is 0 Å². The van der Waals surface area contributed by atoms with Crippen molar-refractivity contribution in [3.63, 3.8) is 0 Å². The highest BCUT2D eigenvalue weighted by atomic mass is 127. The number of guanidine groups is 1. The van der Waals surface area contributed by atoms with Crippen molar-refractivity contribution < 1.29 is 5.11 Å². The molecule has 0 aliphatic carbocycles. The first-order chi connectivity index (χ1) is 9.41. The first-order valence-corrected chi connectivity index (χ1v) is 7.75. The minimum absolute atomic E-state index is 0. The third-order valence-corrected chi connectivity index (χ3v) is 4.01. The van der Waals surface area contributed by atoms with Crippen molar-refractivity contribution in [1.29, 1.82) is 0 Å². The van der Waals surface area contributed by atoms with Crippen LogP contribution in [-0.4, -0.2) is 23.7 Å². The Kier molecular flexibility index (Phi) is 9.48. The largest absolute Gasteiger partial charge is 0.383 e. The Morgan fingerprint density at radius 3 is 2.43 bits per heavy atom. The van der Waals surface area contributed by atoms with Gasteiger partial charge in [-0.2, -0.15) is 0 Å². The van der Waals surface area contributed by atoms with Gasteiger partial charge in [0.25, 0.3) is 0 Å². The fraction of sp³-hybridized carbons (Fsp3) is 0.533. The molecule has 0 saturated carbocycles. The van der Waals surface area contributed by atoms with Gasteiger partial charge in [0.1, 0.15) is 5.60 Å². The molecule has 1 rings (SSSR count). The average molecular weight is 470 g/mol. The number of nitrogens with one attached hydrogen (secondary N) is 1. The van der Waals surface area contributed by atoms with Gasteiger partial charge >= 0.3 is 0 Å². The van der Waals surface area contributed by atoms with Gasteiger partial charge in [-0.05, 0) is 37.5 Å². The molecule has 0 aliphatic heterocycles. The number of nitrogens with two attached hydrogens (primary N) is 1. The Morgan fingerprint density at radius 2 is 1.95 bits per heavy atom. The van der Waals surface area contributed by atoms with E-state index in [-0.39, 0.29) is 36.6 Å². The van der Waals surface area contributed by atoms with Gasteiger partial charge < -0.3 is 16.2 Å². The fourth-order valence-electron chi connectivity index (χ4n) is 1.78. The fourth-order valence-corrected chi connectivity index (χ4v) is 2.05. The van der Waals surface area contributed by atoms with E-state index in [4.69, 9.17) is 5.73 Å². The number of aliphatic imine (C=N–C) groups is 1. The number of rotatable bonds is 6. The Balaban J connectivity index is 0.00000400. The normalized spacial score (nSPS) is 15.8. The number of halogens is 2. The lowest BCUT2D eigenvalue weighted by molar-refractivity contribution is 0.0423. The number of hydrogen-bond acceptors (Lipinski definition) is 2. The molecule has 0 heterocycles. The number of benzene rings is 1. The molecule has 120 valence electrons.